The lowest BCUT2D eigenvalue weighted by Crippen LogP contribution is -2.60. The molecule has 36 heavy (non-hydrogen) atoms. The van der Waals surface area contributed by atoms with Crippen LogP contribution in [0, 0.1) is 5.41 Å². The van der Waals surface area contributed by atoms with Gasteiger partial charge in [0, 0.05) is 5.41 Å². The van der Waals surface area contributed by atoms with Crippen LogP contribution >= 0.6 is 0 Å². The first-order chi connectivity index (χ1) is 16.5. The molecule has 0 aromatic heterocycles. The summed E-state index contributed by atoms with van der Waals surface area (Å²) in [6, 6.07) is 13.0. The zero-order chi connectivity index (χ0) is 26.6. The van der Waals surface area contributed by atoms with E-state index in [0.717, 1.165) is 11.6 Å². The van der Waals surface area contributed by atoms with Crippen LogP contribution in [0.25, 0.3) is 0 Å². The van der Waals surface area contributed by atoms with Gasteiger partial charge in [0.2, 0.25) is 0 Å². The van der Waals surface area contributed by atoms with Crippen LogP contribution in [0.1, 0.15) is 55.7 Å². The van der Waals surface area contributed by atoms with Crippen molar-refractivity contribution >= 4 is 10.1 Å². The van der Waals surface area contributed by atoms with E-state index < -0.39 is 56.8 Å². The molecule has 2 aromatic carbocycles. The fourth-order valence-corrected chi connectivity index (χ4v) is 6.59. The summed E-state index contributed by atoms with van der Waals surface area (Å²) in [5, 5.41) is 10.7. The summed E-state index contributed by atoms with van der Waals surface area (Å²) in [7, 11) is -5.88. The lowest BCUT2D eigenvalue weighted by molar-refractivity contribution is -0.287. The Hall–Kier alpha value is -2.27. The van der Waals surface area contributed by atoms with E-state index in [0.29, 0.717) is 36.8 Å². The molecule has 2 aliphatic carbocycles. The number of hydrogen-bond acceptors (Lipinski definition) is 4. The Bertz CT molecular complexity index is 1230. The first kappa shape index (κ1) is 26.8. The highest BCUT2D eigenvalue weighted by atomic mass is 32.2. The minimum absolute atomic E-state index is 0.0115. The lowest BCUT2D eigenvalue weighted by Gasteiger charge is -2.57. The Labute approximate surface area is 205 Å². The lowest BCUT2D eigenvalue weighted by atomic mass is 9.48. The highest BCUT2D eigenvalue weighted by molar-refractivity contribution is 7.88. The number of benzene rings is 2. The van der Waals surface area contributed by atoms with Gasteiger partial charge in [0.15, 0.2) is 5.60 Å². The molecule has 2 aliphatic rings. The molecule has 0 radical (unpaired) electrons. The Morgan fingerprint density at radius 3 is 2.25 bits per heavy atom. The smallest absolute Gasteiger partial charge is 0.380 e. The monoisotopic (exact) mass is 536 g/mol. The third kappa shape index (κ3) is 4.49. The minimum Gasteiger partial charge on any atom is -0.380 e. The van der Waals surface area contributed by atoms with Gasteiger partial charge in [-0.05, 0) is 79.2 Å². The van der Waals surface area contributed by atoms with Crippen molar-refractivity contribution in [2.45, 2.75) is 74.6 Å². The van der Waals surface area contributed by atoms with E-state index in [4.69, 9.17) is 0 Å². The molecular formula is C25H26F6O4S. The molecule has 11 heteroatoms. The molecule has 0 heterocycles. The number of alkyl halides is 6. The quantitative estimate of drug-likeness (QED) is 0.287. The van der Waals surface area contributed by atoms with Gasteiger partial charge in [-0.3, -0.25) is 0 Å². The number of halogens is 6. The van der Waals surface area contributed by atoms with Crippen molar-refractivity contribution in [2.24, 2.45) is 5.41 Å². The Morgan fingerprint density at radius 2 is 1.64 bits per heavy atom. The first-order valence-electron chi connectivity index (χ1n) is 11.5. The highest BCUT2D eigenvalue weighted by Gasteiger charge is 2.65. The van der Waals surface area contributed by atoms with Crippen molar-refractivity contribution in [3.05, 3.63) is 65.2 Å². The van der Waals surface area contributed by atoms with Crippen LogP contribution in [0.4, 0.5) is 26.3 Å². The maximum atomic E-state index is 13.9. The summed E-state index contributed by atoms with van der Waals surface area (Å²) >= 11 is 0. The molecule has 198 valence electrons. The van der Waals surface area contributed by atoms with Gasteiger partial charge in [0.25, 0.3) is 0 Å². The van der Waals surface area contributed by atoms with Gasteiger partial charge in [-0.1, -0.05) is 43.3 Å². The zero-order valence-corrected chi connectivity index (χ0v) is 20.2. The highest BCUT2D eigenvalue weighted by Crippen LogP contribution is 2.63. The molecule has 0 aliphatic heterocycles. The van der Waals surface area contributed by atoms with E-state index >= 15 is 0 Å². The molecule has 0 unspecified atom stereocenters. The molecule has 4 rings (SSSR count). The van der Waals surface area contributed by atoms with Gasteiger partial charge < -0.3 is 9.29 Å². The largest absolute Gasteiger partial charge is 0.534 e. The molecule has 0 amide bonds. The van der Waals surface area contributed by atoms with Crippen LogP contribution < -0.4 is 4.18 Å². The predicted molar refractivity (Wildman–Crippen MR) is 120 cm³/mol. The fraction of sp³-hybridized carbons (Fsp3) is 0.520. The second-order valence-electron chi connectivity index (χ2n) is 10.2. The Morgan fingerprint density at radius 1 is 0.972 bits per heavy atom. The fourth-order valence-electron chi connectivity index (χ4n) is 6.13. The number of hydrogen-bond donors (Lipinski definition) is 1. The molecule has 4 nitrogen and oxygen atoms in total. The van der Waals surface area contributed by atoms with Gasteiger partial charge in [0.1, 0.15) is 5.75 Å². The van der Waals surface area contributed by atoms with Crippen molar-refractivity contribution in [1.29, 1.82) is 0 Å². The summed E-state index contributed by atoms with van der Waals surface area (Å²) in [6.07, 6.45) is -4.46. The molecular weight excluding hydrogens is 510 g/mol. The van der Waals surface area contributed by atoms with Crippen LogP contribution in [-0.2, 0) is 28.4 Å². The Kier molecular flexibility index (Phi) is 6.43. The van der Waals surface area contributed by atoms with Gasteiger partial charge >= 0.3 is 21.8 Å². The second-order valence-corrected chi connectivity index (χ2v) is 11.7. The van der Waals surface area contributed by atoms with Crippen LogP contribution in [0.5, 0.6) is 5.75 Å². The Balaban J connectivity index is 1.84. The van der Waals surface area contributed by atoms with Gasteiger partial charge in [-0.15, -0.1) is 0 Å². The van der Waals surface area contributed by atoms with Crippen LogP contribution in [0.3, 0.4) is 0 Å². The molecule has 1 N–H and O–H groups in total. The van der Waals surface area contributed by atoms with E-state index in [1.54, 1.807) is 6.92 Å². The summed E-state index contributed by atoms with van der Waals surface area (Å²) in [5.41, 5.74) is -8.28. The summed E-state index contributed by atoms with van der Waals surface area (Å²) < 4.78 is 108. The third-order valence-electron chi connectivity index (χ3n) is 7.94. The molecule has 2 aromatic rings. The molecule has 0 spiro atoms. The molecule has 3 atom stereocenters. The van der Waals surface area contributed by atoms with E-state index in [1.165, 1.54) is 12.1 Å². The van der Waals surface area contributed by atoms with Crippen molar-refractivity contribution in [3.63, 3.8) is 0 Å². The van der Waals surface area contributed by atoms with E-state index in [9.17, 15) is 39.9 Å². The number of aliphatic hydroxyl groups is 1. The number of rotatable bonds is 4. The standard InChI is InChI=1S/C25H26F6O4S/c1-21-11-5-8-18-14-19(35-36(33,34)25(29,30)31)9-10-20(18)22(21,15-17-6-3-2-4-7-17)12-13-23(32,16-21)24(26,27)28/h2-4,6-7,9-10,14,32H,5,8,11-13,15-16H2,1H3/t21-,22-,23-/m1/s1. The molecule has 0 bridgehead atoms. The zero-order valence-electron chi connectivity index (χ0n) is 19.4. The van der Waals surface area contributed by atoms with Crippen LogP contribution in [-0.4, -0.2) is 30.8 Å². The maximum absolute atomic E-state index is 13.9. The normalized spacial score (nSPS) is 29.1. The van der Waals surface area contributed by atoms with E-state index in [-0.39, 0.29) is 6.42 Å². The van der Waals surface area contributed by atoms with Gasteiger partial charge in [0.05, 0.1) is 0 Å². The topological polar surface area (TPSA) is 63.6 Å². The average molecular weight is 537 g/mol. The minimum atomic E-state index is -5.88. The molecule has 1 fully saturated rings. The van der Waals surface area contributed by atoms with Crippen molar-refractivity contribution in [2.75, 3.05) is 0 Å². The van der Waals surface area contributed by atoms with Crippen molar-refractivity contribution in [3.8, 4) is 5.75 Å². The van der Waals surface area contributed by atoms with E-state index in [1.807, 2.05) is 30.3 Å². The summed E-state index contributed by atoms with van der Waals surface area (Å²) in [4.78, 5) is 0. The molecule has 1 saturated carbocycles. The summed E-state index contributed by atoms with van der Waals surface area (Å²) in [6.45, 7) is 1.74. The maximum Gasteiger partial charge on any atom is 0.534 e. The first-order valence-corrected chi connectivity index (χ1v) is 12.9. The van der Waals surface area contributed by atoms with Crippen molar-refractivity contribution in [1.82, 2.24) is 0 Å². The van der Waals surface area contributed by atoms with Gasteiger partial charge in [-0.2, -0.15) is 34.8 Å². The SMILES string of the molecule is C[C@]12CCCc3cc(OS(=O)(=O)C(F)(F)F)ccc3[C@]1(Cc1ccccc1)CC[C@](O)(C(F)(F)F)C2. The van der Waals surface area contributed by atoms with Crippen LogP contribution in [0.15, 0.2) is 48.5 Å². The number of aryl methyl sites for hydroxylation is 1. The number of fused-ring (bicyclic) bond motifs is 3. The predicted octanol–water partition coefficient (Wildman–Crippen LogP) is 6.22. The second kappa shape index (κ2) is 8.65. The summed E-state index contributed by atoms with van der Waals surface area (Å²) in [5.74, 6) is -0.507. The van der Waals surface area contributed by atoms with E-state index in [2.05, 4.69) is 4.18 Å². The average Bonchev–Trinajstić information content (AvgIpc) is 2.86. The third-order valence-corrected chi connectivity index (χ3v) is 8.91. The van der Waals surface area contributed by atoms with Crippen LogP contribution in [0.2, 0.25) is 0 Å². The van der Waals surface area contributed by atoms with Gasteiger partial charge in [-0.25, -0.2) is 0 Å². The molecule has 0 saturated heterocycles. The van der Waals surface area contributed by atoms with Crippen molar-refractivity contribution < 1.29 is 44.0 Å².